The van der Waals surface area contributed by atoms with Gasteiger partial charge in [-0.05, 0) is 42.0 Å². The van der Waals surface area contributed by atoms with E-state index >= 15 is 4.39 Å². The minimum Gasteiger partial charge on any atom is -0.495 e. The number of alkyl halides is 2. The van der Waals surface area contributed by atoms with Gasteiger partial charge < -0.3 is 14.0 Å². The lowest BCUT2D eigenvalue weighted by Crippen LogP contribution is -2.20. The Morgan fingerprint density at radius 3 is 2.62 bits per heavy atom. The second-order valence-electron chi connectivity index (χ2n) is 7.98. The molecule has 2 aromatic heterocycles. The van der Waals surface area contributed by atoms with Crippen molar-refractivity contribution in [3.8, 4) is 28.3 Å². The number of rotatable bonds is 8. The lowest BCUT2D eigenvalue weighted by atomic mass is 10.0. The highest BCUT2D eigenvalue weighted by Crippen LogP contribution is 2.35. The fourth-order valence-electron chi connectivity index (χ4n) is 3.92. The number of nitrogens with one attached hydrogen (secondary N) is 1. The second kappa shape index (κ2) is 10.1. The van der Waals surface area contributed by atoms with Crippen LogP contribution in [-0.4, -0.2) is 36.8 Å². The van der Waals surface area contributed by atoms with Gasteiger partial charge in [-0.25, -0.2) is 17.8 Å². The Hall–Kier alpha value is -4.85. The van der Waals surface area contributed by atoms with Crippen molar-refractivity contribution in [3.05, 3.63) is 89.3 Å². The molecule has 0 aliphatic heterocycles. The number of methoxy groups -OCH3 is 1. The Morgan fingerprint density at radius 2 is 1.90 bits per heavy atom. The fraction of sp³-hybridized carbons (Fsp3) is 0.0800. The first-order valence-corrected chi connectivity index (χ1v) is 12.5. The Morgan fingerprint density at radius 1 is 1.08 bits per heavy atom. The third kappa shape index (κ3) is 5.13. The Balaban J connectivity index is 1.61. The number of anilines is 1. The molecule has 39 heavy (non-hydrogen) atoms. The summed E-state index contributed by atoms with van der Waals surface area (Å²) in [6.07, 6.45) is 2.16. The molecule has 2 heterocycles. The smallest absolute Gasteiger partial charge is 0.387 e. The van der Waals surface area contributed by atoms with Gasteiger partial charge in [0.05, 0.1) is 34.9 Å². The van der Waals surface area contributed by atoms with Crippen molar-refractivity contribution in [2.75, 3.05) is 11.8 Å². The van der Waals surface area contributed by atoms with Gasteiger partial charge in [0.2, 0.25) is 0 Å². The average molecular weight is 558 g/mol. The topological polar surface area (TPSA) is 126 Å². The minimum absolute atomic E-state index is 0.00691. The van der Waals surface area contributed by atoms with Crippen LogP contribution < -0.4 is 19.8 Å². The van der Waals surface area contributed by atoms with Gasteiger partial charge >= 0.3 is 6.61 Å². The van der Waals surface area contributed by atoms with Crippen LogP contribution in [0.4, 0.5) is 19.0 Å². The lowest BCUT2D eigenvalue weighted by molar-refractivity contribution is -0.0498. The molecule has 0 aliphatic carbocycles. The number of nitrogens with zero attached hydrogens (tertiary/aromatic N) is 3. The minimum atomic E-state index is -4.07. The average Bonchev–Trinajstić information content (AvgIpc) is 3.40. The van der Waals surface area contributed by atoms with Crippen LogP contribution in [0.15, 0.2) is 87.3 Å². The van der Waals surface area contributed by atoms with Crippen molar-refractivity contribution >= 4 is 26.9 Å². The maximum atomic E-state index is 15.4. The van der Waals surface area contributed by atoms with Crippen LogP contribution in [0, 0.1) is 5.82 Å². The van der Waals surface area contributed by atoms with Crippen LogP contribution in [0.1, 0.15) is 0 Å². The van der Waals surface area contributed by atoms with Gasteiger partial charge in [0.25, 0.3) is 15.6 Å². The highest BCUT2D eigenvalue weighted by Gasteiger charge is 2.20. The van der Waals surface area contributed by atoms with Gasteiger partial charge in [-0.1, -0.05) is 17.3 Å². The van der Waals surface area contributed by atoms with E-state index < -0.39 is 28.0 Å². The summed E-state index contributed by atoms with van der Waals surface area (Å²) >= 11 is 0. The highest BCUT2D eigenvalue weighted by atomic mass is 32.2. The largest absolute Gasteiger partial charge is 0.495 e. The molecule has 0 bridgehead atoms. The molecule has 0 saturated carbocycles. The molecule has 0 unspecified atom stereocenters. The van der Waals surface area contributed by atoms with Crippen LogP contribution in [-0.2, 0) is 10.0 Å². The number of ether oxygens (including phenoxy) is 2. The molecule has 0 amide bonds. The molecular formula is C25H17F3N4O6S. The molecule has 5 aromatic rings. The van der Waals surface area contributed by atoms with Crippen LogP contribution in [0.2, 0.25) is 0 Å². The standard InChI is InChI=1S/C25H17F3N4O6S/c1-36-22-11-17(14-3-2-4-15(9-14)38-25(27)28)18(26)12-21(22)32-20-6-5-16(10-19(20)29-13-24(32)33)39(34,35)31-23-7-8-37-30-23/h2-13,25H,1H3,(H,30,31). The van der Waals surface area contributed by atoms with Gasteiger partial charge in [-0.2, -0.15) is 8.78 Å². The molecule has 0 spiro atoms. The molecule has 0 aliphatic rings. The summed E-state index contributed by atoms with van der Waals surface area (Å²) in [4.78, 5) is 16.8. The van der Waals surface area contributed by atoms with Crippen molar-refractivity contribution in [1.82, 2.24) is 14.7 Å². The van der Waals surface area contributed by atoms with E-state index in [-0.39, 0.29) is 50.1 Å². The highest BCUT2D eigenvalue weighted by molar-refractivity contribution is 7.92. The van der Waals surface area contributed by atoms with Crippen molar-refractivity contribution in [1.29, 1.82) is 0 Å². The summed E-state index contributed by atoms with van der Waals surface area (Å²) in [6, 6.07) is 13.0. The first-order valence-electron chi connectivity index (χ1n) is 11.0. The number of hydrogen-bond donors (Lipinski definition) is 1. The summed E-state index contributed by atoms with van der Waals surface area (Å²) in [6.45, 7) is -3.05. The zero-order valence-electron chi connectivity index (χ0n) is 19.8. The third-order valence-corrected chi connectivity index (χ3v) is 6.94. The number of halogens is 3. The molecule has 1 N–H and O–H groups in total. The van der Waals surface area contributed by atoms with E-state index in [4.69, 9.17) is 4.74 Å². The molecule has 3 aromatic carbocycles. The van der Waals surface area contributed by atoms with Gasteiger partial charge in [0, 0.05) is 17.7 Å². The summed E-state index contributed by atoms with van der Waals surface area (Å²) in [7, 11) is -2.76. The molecule has 0 radical (unpaired) electrons. The predicted octanol–water partition coefficient (Wildman–Crippen LogP) is 4.59. The number of benzene rings is 3. The van der Waals surface area contributed by atoms with Gasteiger partial charge in [0.15, 0.2) is 5.82 Å². The number of aromatic nitrogens is 3. The van der Waals surface area contributed by atoms with E-state index in [1.165, 1.54) is 68.0 Å². The molecule has 0 fully saturated rings. The van der Waals surface area contributed by atoms with Crippen molar-refractivity contribution in [2.45, 2.75) is 11.5 Å². The van der Waals surface area contributed by atoms with Gasteiger partial charge in [-0.3, -0.25) is 14.1 Å². The SMILES string of the molecule is COc1cc(-c2cccc(OC(F)F)c2)c(F)cc1-n1c(=O)cnc2cc(S(=O)(=O)Nc3ccon3)ccc21. The van der Waals surface area contributed by atoms with E-state index in [1.54, 1.807) is 0 Å². The van der Waals surface area contributed by atoms with E-state index in [0.29, 0.717) is 0 Å². The number of sulfonamides is 1. The number of hydrogen-bond acceptors (Lipinski definition) is 8. The Labute approximate surface area is 218 Å². The normalized spacial score (nSPS) is 11.6. The van der Waals surface area contributed by atoms with E-state index in [1.807, 2.05) is 0 Å². The van der Waals surface area contributed by atoms with Crippen LogP contribution in [0.25, 0.3) is 27.8 Å². The molecular weight excluding hydrogens is 541 g/mol. The fourth-order valence-corrected chi connectivity index (χ4v) is 4.93. The predicted molar refractivity (Wildman–Crippen MR) is 133 cm³/mol. The quantitative estimate of drug-likeness (QED) is 0.293. The summed E-state index contributed by atoms with van der Waals surface area (Å²) < 4.78 is 84.0. The van der Waals surface area contributed by atoms with Crippen LogP contribution in [0.3, 0.4) is 0 Å². The van der Waals surface area contributed by atoms with Crippen LogP contribution in [0.5, 0.6) is 11.5 Å². The first kappa shape index (κ1) is 25.8. The molecule has 14 heteroatoms. The lowest BCUT2D eigenvalue weighted by Gasteiger charge is -2.16. The molecule has 0 saturated heterocycles. The third-order valence-electron chi connectivity index (χ3n) is 5.59. The maximum Gasteiger partial charge on any atom is 0.387 e. The summed E-state index contributed by atoms with van der Waals surface area (Å²) in [5.74, 6) is -0.900. The van der Waals surface area contributed by atoms with E-state index in [9.17, 15) is 22.0 Å². The van der Waals surface area contributed by atoms with Crippen LogP contribution >= 0.6 is 0 Å². The Kier molecular flexibility index (Phi) is 6.70. The second-order valence-corrected chi connectivity index (χ2v) is 9.67. The zero-order valence-corrected chi connectivity index (χ0v) is 20.7. The first-order chi connectivity index (χ1) is 18.7. The molecule has 5 rings (SSSR count). The monoisotopic (exact) mass is 558 g/mol. The van der Waals surface area contributed by atoms with E-state index in [0.717, 1.165) is 16.8 Å². The van der Waals surface area contributed by atoms with Crippen molar-refractivity contribution in [2.24, 2.45) is 0 Å². The number of fused-ring (bicyclic) bond motifs is 1. The molecule has 200 valence electrons. The molecule has 0 atom stereocenters. The summed E-state index contributed by atoms with van der Waals surface area (Å²) in [5.41, 5.74) is -0.114. The zero-order chi connectivity index (χ0) is 27.7. The summed E-state index contributed by atoms with van der Waals surface area (Å²) in [5, 5.41) is 3.51. The van der Waals surface area contributed by atoms with Crippen molar-refractivity contribution < 1.29 is 35.6 Å². The van der Waals surface area contributed by atoms with E-state index in [2.05, 4.69) is 24.1 Å². The van der Waals surface area contributed by atoms with Gasteiger partial charge in [-0.15, -0.1) is 0 Å². The van der Waals surface area contributed by atoms with Crippen molar-refractivity contribution in [3.63, 3.8) is 0 Å². The Bertz CT molecular complexity index is 1840. The molecule has 10 nitrogen and oxygen atoms in total. The maximum absolute atomic E-state index is 15.4. The van der Waals surface area contributed by atoms with Gasteiger partial charge in [0.1, 0.15) is 23.6 Å².